The third kappa shape index (κ3) is 3.74. The van der Waals surface area contributed by atoms with E-state index in [-0.39, 0.29) is 0 Å². The maximum atomic E-state index is 2.44. The van der Waals surface area contributed by atoms with Gasteiger partial charge in [0.2, 0.25) is 0 Å². The van der Waals surface area contributed by atoms with E-state index in [0.29, 0.717) is 0 Å². The summed E-state index contributed by atoms with van der Waals surface area (Å²) in [7, 11) is 0. The Morgan fingerprint density at radius 2 is 1.06 bits per heavy atom. The van der Waals surface area contributed by atoms with Crippen molar-refractivity contribution in [1.29, 1.82) is 0 Å². The minimum absolute atomic E-state index is 1.22. The van der Waals surface area contributed by atoms with Crippen LogP contribution in [0.2, 0.25) is 0 Å². The number of fused-ring (bicyclic) bond motifs is 9. The maximum absolute atomic E-state index is 2.44. The second kappa shape index (κ2) is 8.74. The predicted octanol–water partition coefficient (Wildman–Crippen LogP) is 10.8. The molecule has 0 saturated carbocycles. The van der Waals surface area contributed by atoms with Gasteiger partial charge in [-0.1, -0.05) is 87.6 Å². The molecule has 0 atom stereocenters. The second-order valence-corrected chi connectivity index (χ2v) is 11.9. The molecule has 0 aliphatic carbocycles. The summed E-state index contributed by atoms with van der Waals surface area (Å²) < 4.78 is 2.87. The summed E-state index contributed by atoms with van der Waals surface area (Å²) in [4.78, 5) is 2.93. The largest absolute Gasteiger partial charge is 0.140 e. The van der Waals surface area contributed by atoms with Crippen molar-refractivity contribution in [3.05, 3.63) is 70.4 Å². The predicted molar refractivity (Wildman–Crippen MR) is 152 cm³/mol. The third-order valence-corrected chi connectivity index (χ3v) is 9.45. The topological polar surface area (TPSA) is 0 Å². The summed E-state index contributed by atoms with van der Waals surface area (Å²) >= 11 is 3.93. The zero-order valence-electron chi connectivity index (χ0n) is 19.5. The van der Waals surface area contributed by atoms with Crippen LogP contribution in [0.15, 0.2) is 60.7 Å². The van der Waals surface area contributed by atoms with Crippen molar-refractivity contribution in [2.45, 2.75) is 58.8 Å². The van der Waals surface area contributed by atoms with E-state index in [1.54, 1.807) is 4.88 Å². The Labute approximate surface area is 203 Å². The van der Waals surface area contributed by atoms with Crippen molar-refractivity contribution >= 4 is 75.2 Å². The van der Waals surface area contributed by atoms with E-state index in [1.807, 2.05) is 22.7 Å². The van der Waals surface area contributed by atoms with Gasteiger partial charge in [-0.15, -0.1) is 22.7 Å². The molecule has 0 saturated heterocycles. The molecule has 0 aliphatic rings. The zero-order valence-corrected chi connectivity index (χ0v) is 21.2. The number of hydrogen-bond donors (Lipinski definition) is 0. The summed E-state index contributed by atoms with van der Waals surface area (Å²) in [6, 6.07) is 23.5. The molecule has 0 spiro atoms. The molecule has 0 unspecified atom stereocenters. The van der Waals surface area contributed by atoms with E-state index in [4.69, 9.17) is 0 Å². The lowest BCUT2D eigenvalue weighted by molar-refractivity contribution is 0.609. The van der Waals surface area contributed by atoms with Crippen LogP contribution >= 0.6 is 22.7 Å². The van der Waals surface area contributed by atoms with Crippen LogP contribution < -0.4 is 0 Å². The molecular formula is C31H30S2. The first-order chi connectivity index (χ1) is 16.2. The van der Waals surface area contributed by atoms with Gasteiger partial charge in [0, 0.05) is 29.9 Å². The summed E-state index contributed by atoms with van der Waals surface area (Å²) in [5, 5.41) is 11.1. The Morgan fingerprint density at radius 1 is 0.545 bits per heavy atom. The SMILES string of the molecule is CCCCCCCCc1cc2ccc3c4ccc5c(ccc6cc(C)sc65)c4ccc3c2s1. The summed E-state index contributed by atoms with van der Waals surface area (Å²) in [5.74, 6) is 0. The molecule has 4 aromatic carbocycles. The van der Waals surface area contributed by atoms with Crippen molar-refractivity contribution in [1.82, 2.24) is 0 Å². The van der Waals surface area contributed by atoms with Gasteiger partial charge in [0.05, 0.1) is 0 Å². The van der Waals surface area contributed by atoms with Crippen LogP contribution in [0, 0.1) is 6.92 Å². The minimum atomic E-state index is 1.22. The molecule has 2 heteroatoms. The third-order valence-electron chi connectivity index (χ3n) is 7.11. The summed E-state index contributed by atoms with van der Waals surface area (Å²) in [6.07, 6.45) is 9.40. The fraction of sp³-hybridized carbons (Fsp3) is 0.290. The lowest BCUT2D eigenvalue weighted by atomic mass is 9.96. The van der Waals surface area contributed by atoms with E-state index in [9.17, 15) is 0 Å². The molecule has 0 aliphatic heterocycles. The Balaban J connectivity index is 1.40. The maximum Gasteiger partial charge on any atom is 0.0424 e. The van der Waals surface area contributed by atoms with Crippen LogP contribution in [0.5, 0.6) is 0 Å². The van der Waals surface area contributed by atoms with Gasteiger partial charge >= 0.3 is 0 Å². The first-order valence-corrected chi connectivity index (χ1v) is 14.1. The van der Waals surface area contributed by atoms with Crippen LogP contribution in [0.1, 0.15) is 55.2 Å². The van der Waals surface area contributed by atoms with Crippen molar-refractivity contribution in [3.8, 4) is 0 Å². The van der Waals surface area contributed by atoms with Crippen molar-refractivity contribution in [2.24, 2.45) is 0 Å². The molecule has 166 valence electrons. The Hall–Kier alpha value is -2.42. The lowest BCUT2D eigenvalue weighted by Gasteiger charge is -2.09. The highest BCUT2D eigenvalue weighted by Gasteiger charge is 2.12. The lowest BCUT2D eigenvalue weighted by Crippen LogP contribution is -1.82. The number of benzene rings is 4. The molecule has 6 rings (SSSR count). The van der Waals surface area contributed by atoms with Crippen LogP contribution in [0.4, 0.5) is 0 Å². The minimum Gasteiger partial charge on any atom is -0.140 e. The molecule has 0 fully saturated rings. The molecule has 0 nitrogen and oxygen atoms in total. The van der Waals surface area contributed by atoms with Crippen LogP contribution in [0.3, 0.4) is 0 Å². The van der Waals surface area contributed by atoms with E-state index < -0.39 is 0 Å². The van der Waals surface area contributed by atoms with Gasteiger partial charge in [0.25, 0.3) is 0 Å². The number of hydrogen-bond acceptors (Lipinski definition) is 2. The second-order valence-electron chi connectivity index (χ2n) is 9.47. The fourth-order valence-electron chi connectivity index (χ4n) is 5.42. The van der Waals surface area contributed by atoms with Gasteiger partial charge in [-0.25, -0.2) is 0 Å². The van der Waals surface area contributed by atoms with Gasteiger partial charge in [0.1, 0.15) is 0 Å². The molecular weight excluding hydrogens is 436 g/mol. The zero-order chi connectivity index (χ0) is 22.4. The van der Waals surface area contributed by atoms with Gasteiger partial charge < -0.3 is 0 Å². The smallest absolute Gasteiger partial charge is 0.0424 e. The van der Waals surface area contributed by atoms with Gasteiger partial charge in [-0.05, 0) is 64.2 Å². The highest BCUT2D eigenvalue weighted by molar-refractivity contribution is 7.20. The van der Waals surface area contributed by atoms with E-state index in [2.05, 4.69) is 74.5 Å². The van der Waals surface area contributed by atoms with E-state index >= 15 is 0 Å². The quantitative estimate of drug-likeness (QED) is 0.162. The number of aryl methyl sites for hydroxylation is 2. The first-order valence-electron chi connectivity index (χ1n) is 12.4. The number of thiophene rings is 2. The molecule has 33 heavy (non-hydrogen) atoms. The normalized spacial score (nSPS) is 12.2. The van der Waals surface area contributed by atoms with Crippen LogP contribution in [0.25, 0.3) is 52.5 Å². The first kappa shape index (κ1) is 21.1. The molecule has 6 aromatic rings. The van der Waals surface area contributed by atoms with Gasteiger partial charge in [-0.3, -0.25) is 0 Å². The van der Waals surface area contributed by atoms with E-state index in [0.717, 1.165) is 0 Å². The van der Waals surface area contributed by atoms with E-state index in [1.165, 1.54) is 102 Å². The average molecular weight is 467 g/mol. The van der Waals surface area contributed by atoms with Crippen molar-refractivity contribution in [2.75, 3.05) is 0 Å². The highest BCUT2D eigenvalue weighted by Crippen LogP contribution is 2.40. The standard InChI is InChI=1S/C31H30S2/c1-3-4-5-6-7-8-9-23-19-22-11-13-27-25-14-16-28-26(12-10-21-18-20(2)32-30(21)28)24(25)15-17-29(27)31(22)33-23/h10-19H,3-9H2,1-2H3. The summed E-state index contributed by atoms with van der Waals surface area (Å²) in [6.45, 7) is 4.49. The Kier molecular flexibility index (Phi) is 5.60. The van der Waals surface area contributed by atoms with Crippen molar-refractivity contribution < 1.29 is 0 Å². The summed E-state index contributed by atoms with van der Waals surface area (Å²) in [5.41, 5.74) is 0. The molecule has 2 aromatic heterocycles. The van der Waals surface area contributed by atoms with Gasteiger partial charge in [-0.2, -0.15) is 0 Å². The Bertz CT molecular complexity index is 1610. The number of unbranched alkanes of at least 4 members (excludes halogenated alkanes) is 5. The van der Waals surface area contributed by atoms with Crippen molar-refractivity contribution in [3.63, 3.8) is 0 Å². The molecule has 2 heterocycles. The van der Waals surface area contributed by atoms with Gasteiger partial charge in [0.15, 0.2) is 0 Å². The number of rotatable bonds is 7. The average Bonchev–Trinajstić information content (AvgIpc) is 3.43. The molecule has 0 N–H and O–H groups in total. The highest BCUT2D eigenvalue weighted by atomic mass is 32.1. The monoisotopic (exact) mass is 466 g/mol. The van der Waals surface area contributed by atoms with Crippen LogP contribution in [-0.2, 0) is 6.42 Å². The molecule has 0 bridgehead atoms. The Morgan fingerprint density at radius 3 is 1.76 bits per heavy atom. The van der Waals surface area contributed by atoms with Crippen LogP contribution in [-0.4, -0.2) is 0 Å². The molecule has 0 amide bonds. The fourth-order valence-corrected chi connectivity index (χ4v) is 7.69. The molecule has 0 radical (unpaired) electrons.